The van der Waals surface area contributed by atoms with Crippen LogP contribution in [0.5, 0.6) is 0 Å². The van der Waals surface area contributed by atoms with E-state index in [4.69, 9.17) is 11.6 Å². The van der Waals surface area contributed by atoms with Gasteiger partial charge in [0.25, 0.3) is 0 Å². The van der Waals surface area contributed by atoms with Crippen molar-refractivity contribution in [2.24, 2.45) is 7.05 Å². The summed E-state index contributed by atoms with van der Waals surface area (Å²) in [4.78, 5) is 12.1. The molecule has 1 heterocycles. The van der Waals surface area contributed by atoms with Crippen LogP contribution in [-0.4, -0.2) is 26.4 Å². The van der Waals surface area contributed by atoms with Crippen LogP contribution >= 0.6 is 23.4 Å². The van der Waals surface area contributed by atoms with Gasteiger partial charge in [0.05, 0.1) is 11.3 Å². The van der Waals surface area contributed by atoms with Crippen molar-refractivity contribution < 1.29 is 18.0 Å². The van der Waals surface area contributed by atoms with Crippen molar-refractivity contribution in [2.75, 3.05) is 11.1 Å². The molecule has 0 unspecified atom stereocenters. The number of nitrogens with zero attached hydrogens (tertiary/aromatic N) is 3. The smallest absolute Gasteiger partial charge is 0.325 e. The second-order valence-corrected chi connectivity index (χ2v) is 7.17. The van der Waals surface area contributed by atoms with Gasteiger partial charge in [0.2, 0.25) is 5.91 Å². The third-order valence-electron chi connectivity index (χ3n) is 3.74. The lowest BCUT2D eigenvalue weighted by Gasteiger charge is -2.09. The molecule has 10 heteroatoms. The summed E-state index contributed by atoms with van der Waals surface area (Å²) >= 11 is 7.01. The first-order valence-corrected chi connectivity index (χ1v) is 9.35. The molecule has 0 saturated carbocycles. The fraction of sp³-hybridized carbons (Fsp3) is 0.167. The molecule has 0 aliphatic carbocycles. The number of halogens is 4. The highest BCUT2D eigenvalue weighted by molar-refractivity contribution is 7.99. The topological polar surface area (TPSA) is 59.8 Å². The van der Waals surface area contributed by atoms with Gasteiger partial charge in [0.1, 0.15) is 0 Å². The summed E-state index contributed by atoms with van der Waals surface area (Å²) in [6.45, 7) is 0. The molecule has 1 amide bonds. The summed E-state index contributed by atoms with van der Waals surface area (Å²) in [6.07, 6.45) is -4.47. The number of amides is 1. The number of rotatable bonds is 5. The Labute approximate surface area is 167 Å². The molecule has 5 nitrogen and oxygen atoms in total. The van der Waals surface area contributed by atoms with Gasteiger partial charge in [0, 0.05) is 23.3 Å². The van der Waals surface area contributed by atoms with E-state index in [0.29, 0.717) is 16.0 Å². The van der Waals surface area contributed by atoms with Gasteiger partial charge in [-0.1, -0.05) is 29.4 Å². The Morgan fingerprint density at radius 3 is 2.57 bits per heavy atom. The maximum atomic E-state index is 12.7. The number of hydrogen-bond acceptors (Lipinski definition) is 4. The highest BCUT2D eigenvalue weighted by Gasteiger charge is 2.30. The molecule has 0 spiro atoms. The van der Waals surface area contributed by atoms with Crippen LogP contribution in [0, 0.1) is 0 Å². The van der Waals surface area contributed by atoms with E-state index in [-0.39, 0.29) is 11.4 Å². The molecular weight excluding hydrogens is 413 g/mol. The van der Waals surface area contributed by atoms with Crippen molar-refractivity contribution in [2.45, 2.75) is 11.3 Å². The second-order valence-electron chi connectivity index (χ2n) is 5.79. The molecule has 0 radical (unpaired) electrons. The summed E-state index contributed by atoms with van der Waals surface area (Å²) in [6, 6.07) is 11.6. The van der Waals surface area contributed by atoms with Gasteiger partial charge in [-0.05, 0) is 42.5 Å². The summed E-state index contributed by atoms with van der Waals surface area (Å²) < 4.78 is 40.0. The fourth-order valence-corrected chi connectivity index (χ4v) is 3.23. The number of hydrogen-bond donors (Lipinski definition) is 1. The summed E-state index contributed by atoms with van der Waals surface area (Å²) in [5, 5.41) is 11.7. The standard InChI is InChI=1S/C18H14ClF3N4OS/c1-26-16(11-5-7-13(19)8-6-11)24-25-17(26)28-10-15(27)23-14-4-2-3-12(9-14)18(20,21)22/h2-9H,10H2,1H3,(H,23,27). The molecule has 0 aliphatic heterocycles. The van der Waals surface area contributed by atoms with E-state index in [1.54, 1.807) is 35.9 Å². The van der Waals surface area contributed by atoms with E-state index in [1.165, 1.54) is 12.1 Å². The van der Waals surface area contributed by atoms with Crippen LogP contribution in [0.15, 0.2) is 53.7 Å². The minimum atomic E-state index is -4.47. The third kappa shape index (κ3) is 4.85. The average molecular weight is 427 g/mol. The third-order valence-corrected chi connectivity index (χ3v) is 5.02. The van der Waals surface area contributed by atoms with E-state index >= 15 is 0 Å². The van der Waals surface area contributed by atoms with Crippen molar-refractivity contribution in [3.8, 4) is 11.4 Å². The number of carbonyl (C=O) groups excluding carboxylic acids is 1. The number of carbonyl (C=O) groups is 1. The van der Waals surface area contributed by atoms with Crippen LogP contribution in [0.1, 0.15) is 5.56 Å². The van der Waals surface area contributed by atoms with Crippen molar-refractivity contribution in [3.63, 3.8) is 0 Å². The first-order valence-electron chi connectivity index (χ1n) is 7.99. The summed E-state index contributed by atoms with van der Waals surface area (Å²) in [5.74, 6) is 0.140. The van der Waals surface area contributed by atoms with Crippen LogP contribution < -0.4 is 5.32 Å². The van der Waals surface area contributed by atoms with Gasteiger partial charge in [-0.3, -0.25) is 4.79 Å². The number of benzene rings is 2. The van der Waals surface area contributed by atoms with Crippen LogP contribution in [0.2, 0.25) is 5.02 Å². The van der Waals surface area contributed by atoms with E-state index in [0.717, 1.165) is 29.5 Å². The normalized spacial score (nSPS) is 11.5. The molecule has 3 aromatic rings. The maximum Gasteiger partial charge on any atom is 0.416 e. The molecule has 28 heavy (non-hydrogen) atoms. The van der Waals surface area contributed by atoms with Crippen LogP contribution in [0.25, 0.3) is 11.4 Å². The van der Waals surface area contributed by atoms with Gasteiger partial charge < -0.3 is 9.88 Å². The van der Waals surface area contributed by atoms with Crippen molar-refractivity contribution >= 4 is 35.0 Å². The molecule has 0 atom stereocenters. The van der Waals surface area contributed by atoms with Crippen molar-refractivity contribution in [1.82, 2.24) is 14.8 Å². The van der Waals surface area contributed by atoms with E-state index in [1.807, 2.05) is 0 Å². The van der Waals surface area contributed by atoms with Crippen LogP contribution in [0.3, 0.4) is 0 Å². The molecule has 2 aromatic carbocycles. The number of alkyl halides is 3. The van der Waals surface area contributed by atoms with E-state index in [9.17, 15) is 18.0 Å². The predicted octanol–water partition coefficient (Wildman–Crippen LogP) is 4.89. The predicted molar refractivity (Wildman–Crippen MR) is 102 cm³/mol. The van der Waals surface area contributed by atoms with E-state index < -0.39 is 17.6 Å². The first kappa shape index (κ1) is 20.2. The SMILES string of the molecule is Cn1c(SCC(=O)Nc2cccc(C(F)(F)F)c2)nnc1-c1ccc(Cl)cc1. The molecule has 0 saturated heterocycles. The minimum absolute atomic E-state index is 0.0250. The summed E-state index contributed by atoms with van der Waals surface area (Å²) in [7, 11) is 1.76. The average Bonchev–Trinajstić information content (AvgIpc) is 3.01. The lowest BCUT2D eigenvalue weighted by molar-refractivity contribution is -0.137. The van der Waals surface area contributed by atoms with Gasteiger partial charge in [-0.2, -0.15) is 13.2 Å². The number of nitrogens with one attached hydrogen (secondary N) is 1. The van der Waals surface area contributed by atoms with Gasteiger partial charge in [0.15, 0.2) is 11.0 Å². The lowest BCUT2D eigenvalue weighted by Crippen LogP contribution is -2.15. The van der Waals surface area contributed by atoms with E-state index in [2.05, 4.69) is 15.5 Å². The van der Waals surface area contributed by atoms with Crippen molar-refractivity contribution in [3.05, 3.63) is 59.1 Å². The quantitative estimate of drug-likeness (QED) is 0.590. The molecule has 1 N–H and O–H groups in total. The Morgan fingerprint density at radius 2 is 1.89 bits per heavy atom. The minimum Gasteiger partial charge on any atom is -0.325 e. The van der Waals surface area contributed by atoms with Crippen LogP contribution in [-0.2, 0) is 18.0 Å². The number of anilines is 1. The zero-order valence-corrected chi connectivity index (χ0v) is 16.1. The number of aromatic nitrogens is 3. The Kier molecular flexibility index (Phi) is 5.95. The molecular formula is C18H14ClF3N4OS. The molecule has 0 bridgehead atoms. The second kappa shape index (κ2) is 8.24. The van der Waals surface area contributed by atoms with Gasteiger partial charge in [-0.25, -0.2) is 0 Å². The fourth-order valence-electron chi connectivity index (χ4n) is 2.39. The Morgan fingerprint density at radius 1 is 1.18 bits per heavy atom. The Bertz CT molecular complexity index is 989. The zero-order valence-electron chi connectivity index (χ0n) is 14.5. The largest absolute Gasteiger partial charge is 0.416 e. The monoisotopic (exact) mass is 426 g/mol. The zero-order chi connectivity index (χ0) is 20.3. The Hall–Kier alpha value is -2.52. The summed E-state index contributed by atoms with van der Waals surface area (Å²) in [5.41, 5.74) is 0.0822. The maximum absolute atomic E-state index is 12.7. The molecule has 146 valence electrons. The lowest BCUT2D eigenvalue weighted by atomic mass is 10.2. The molecule has 0 aliphatic rings. The van der Waals surface area contributed by atoms with Gasteiger partial charge >= 0.3 is 6.18 Å². The van der Waals surface area contributed by atoms with Gasteiger partial charge in [-0.15, -0.1) is 10.2 Å². The molecule has 3 rings (SSSR count). The molecule has 0 fully saturated rings. The molecule has 1 aromatic heterocycles. The first-order chi connectivity index (χ1) is 13.2. The van der Waals surface area contributed by atoms with Crippen molar-refractivity contribution in [1.29, 1.82) is 0 Å². The number of thioether (sulfide) groups is 1. The van der Waals surface area contributed by atoms with Crippen LogP contribution in [0.4, 0.5) is 18.9 Å². The highest BCUT2D eigenvalue weighted by atomic mass is 35.5. The highest BCUT2D eigenvalue weighted by Crippen LogP contribution is 2.31. The Balaban J connectivity index is 1.63.